The van der Waals surface area contributed by atoms with Crippen molar-refractivity contribution in [3.8, 4) is 11.3 Å². The molecule has 1 atom stereocenters. The standard InChI is InChI=1S/C17H11ClF6N4O/c1-6-2-9(16(19,20)21)13(28-14(6)26-15(27-28)17(22,23)24)8-3-7-5-11(29)25-12(7)10(18)4-8/h2-4,11,25,29H,5H2,1H3. The maximum absolute atomic E-state index is 13.8. The Morgan fingerprint density at radius 2 is 1.83 bits per heavy atom. The first-order chi connectivity index (χ1) is 13.4. The van der Waals surface area contributed by atoms with Gasteiger partial charge in [0.25, 0.3) is 5.82 Å². The summed E-state index contributed by atoms with van der Waals surface area (Å²) in [5.41, 5.74) is -1.58. The number of benzene rings is 1. The summed E-state index contributed by atoms with van der Waals surface area (Å²) in [6.45, 7) is 1.22. The largest absolute Gasteiger partial charge is 0.453 e. The first-order valence-corrected chi connectivity index (χ1v) is 8.56. The average molecular weight is 437 g/mol. The van der Waals surface area contributed by atoms with E-state index in [-0.39, 0.29) is 28.2 Å². The fourth-order valence-corrected chi connectivity index (χ4v) is 3.64. The number of hydrogen-bond donors (Lipinski definition) is 2. The van der Waals surface area contributed by atoms with Crippen molar-refractivity contribution in [1.82, 2.24) is 14.6 Å². The van der Waals surface area contributed by atoms with E-state index in [4.69, 9.17) is 11.6 Å². The third-order valence-corrected chi connectivity index (χ3v) is 4.81. The molecule has 154 valence electrons. The van der Waals surface area contributed by atoms with Crippen molar-refractivity contribution in [2.75, 3.05) is 5.32 Å². The fraction of sp³-hybridized carbons (Fsp3) is 0.294. The quantitative estimate of drug-likeness (QED) is 0.544. The molecule has 0 saturated heterocycles. The number of hydrogen-bond acceptors (Lipinski definition) is 4. The maximum Gasteiger partial charge on any atom is 0.453 e. The highest BCUT2D eigenvalue weighted by atomic mass is 35.5. The number of rotatable bonds is 1. The van der Waals surface area contributed by atoms with Crippen LogP contribution in [0.1, 0.15) is 22.5 Å². The lowest BCUT2D eigenvalue weighted by Crippen LogP contribution is -2.13. The summed E-state index contributed by atoms with van der Waals surface area (Å²) in [5.74, 6) is -1.55. The van der Waals surface area contributed by atoms with E-state index in [9.17, 15) is 31.4 Å². The van der Waals surface area contributed by atoms with Crippen LogP contribution in [-0.2, 0) is 18.8 Å². The van der Waals surface area contributed by atoms with E-state index in [0.717, 1.165) is 6.07 Å². The smallest absolute Gasteiger partial charge is 0.373 e. The van der Waals surface area contributed by atoms with Gasteiger partial charge in [-0.15, -0.1) is 5.10 Å². The van der Waals surface area contributed by atoms with Crippen molar-refractivity contribution in [3.05, 3.63) is 45.7 Å². The molecule has 3 aromatic rings. The summed E-state index contributed by atoms with van der Waals surface area (Å²) in [6.07, 6.45) is -10.7. The minimum Gasteiger partial charge on any atom is -0.373 e. The lowest BCUT2D eigenvalue weighted by atomic mass is 10.00. The molecule has 2 aromatic heterocycles. The second-order valence-electron chi connectivity index (χ2n) is 6.61. The number of alkyl halides is 6. The number of aryl methyl sites for hydroxylation is 1. The molecule has 4 rings (SSSR count). The molecule has 1 aliphatic heterocycles. The van der Waals surface area contributed by atoms with Gasteiger partial charge in [0.05, 0.1) is 22.0 Å². The van der Waals surface area contributed by atoms with Crippen LogP contribution in [0.3, 0.4) is 0 Å². The van der Waals surface area contributed by atoms with Crippen LogP contribution >= 0.6 is 11.6 Å². The molecule has 0 amide bonds. The Morgan fingerprint density at radius 3 is 2.45 bits per heavy atom. The van der Waals surface area contributed by atoms with Gasteiger partial charge in [-0.05, 0) is 36.2 Å². The Hall–Kier alpha value is -2.53. The molecule has 5 nitrogen and oxygen atoms in total. The van der Waals surface area contributed by atoms with Crippen molar-refractivity contribution in [2.45, 2.75) is 31.9 Å². The topological polar surface area (TPSA) is 62.5 Å². The van der Waals surface area contributed by atoms with Crippen LogP contribution in [0.25, 0.3) is 16.9 Å². The van der Waals surface area contributed by atoms with Gasteiger partial charge < -0.3 is 10.4 Å². The van der Waals surface area contributed by atoms with E-state index in [1.807, 2.05) is 0 Å². The Kier molecular flexibility index (Phi) is 4.25. The minimum absolute atomic E-state index is 0.0204. The highest BCUT2D eigenvalue weighted by Crippen LogP contribution is 2.42. The van der Waals surface area contributed by atoms with Gasteiger partial charge in [-0.3, -0.25) is 0 Å². The van der Waals surface area contributed by atoms with Gasteiger partial charge in [-0.25, -0.2) is 9.50 Å². The van der Waals surface area contributed by atoms with Gasteiger partial charge in [-0.1, -0.05) is 11.6 Å². The molecule has 0 aliphatic carbocycles. The predicted molar refractivity (Wildman–Crippen MR) is 91.5 cm³/mol. The molecular formula is C17H11ClF6N4O. The molecule has 1 aliphatic rings. The van der Waals surface area contributed by atoms with Crippen LogP contribution in [0, 0.1) is 6.92 Å². The summed E-state index contributed by atoms with van der Waals surface area (Å²) in [6, 6.07) is 3.24. The first-order valence-electron chi connectivity index (χ1n) is 8.18. The van der Waals surface area contributed by atoms with E-state index in [2.05, 4.69) is 15.4 Å². The fourth-order valence-electron chi connectivity index (χ4n) is 3.35. The highest BCUT2D eigenvalue weighted by molar-refractivity contribution is 6.33. The average Bonchev–Trinajstić information content (AvgIpc) is 3.17. The minimum atomic E-state index is -4.93. The number of pyridine rings is 1. The molecule has 0 fully saturated rings. The molecule has 29 heavy (non-hydrogen) atoms. The van der Waals surface area contributed by atoms with Crippen molar-refractivity contribution >= 4 is 22.9 Å². The van der Waals surface area contributed by atoms with Crippen LogP contribution in [0.15, 0.2) is 18.2 Å². The number of anilines is 1. The zero-order chi connectivity index (χ0) is 21.3. The van der Waals surface area contributed by atoms with Gasteiger partial charge in [0.1, 0.15) is 6.23 Å². The number of fused-ring (bicyclic) bond motifs is 2. The predicted octanol–water partition coefficient (Wildman–Crippen LogP) is 4.68. The number of aliphatic hydroxyl groups excluding tert-OH is 1. The highest BCUT2D eigenvalue weighted by Gasteiger charge is 2.40. The van der Waals surface area contributed by atoms with Gasteiger partial charge in [0, 0.05) is 12.0 Å². The first kappa shape index (κ1) is 19.8. The van der Waals surface area contributed by atoms with Crippen LogP contribution < -0.4 is 5.32 Å². The molecule has 1 aromatic carbocycles. The van der Waals surface area contributed by atoms with Gasteiger partial charge >= 0.3 is 12.4 Å². The van der Waals surface area contributed by atoms with Crippen LogP contribution in [0.2, 0.25) is 5.02 Å². The van der Waals surface area contributed by atoms with Crippen LogP contribution in [0.4, 0.5) is 32.0 Å². The number of nitrogens with zero attached hydrogens (tertiary/aromatic N) is 3. The third kappa shape index (κ3) is 3.27. The number of nitrogens with one attached hydrogen (secondary N) is 1. The number of aliphatic hydroxyl groups is 1. The molecule has 3 heterocycles. The van der Waals surface area contributed by atoms with E-state index in [1.165, 1.54) is 19.1 Å². The molecule has 0 bridgehead atoms. The number of aromatic nitrogens is 3. The molecular weight excluding hydrogens is 426 g/mol. The lowest BCUT2D eigenvalue weighted by Gasteiger charge is -2.17. The zero-order valence-electron chi connectivity index (χ0n) is 14.5. The second kappa shape index (κ2) is 6.23. The Balaban J connectivity index is 2.08. The van der Waals surface area contributed by atoms with E-state index in [1.54, 1.807) is 0 Å². The summed E-state index contributed by atoms with van der Waals surface area (Å²) in [4.78, 5) is 3.37. The monoisotopic (exact) mass is 436 g/mol. The van der Waals surface area contributed by atoms with Gasteiger partial charge in [0.2, 0.25) is 0 Å². The summed E-state index contributed by atoms with van der Waals surface area (Å²) in [5, 5.41) is 15.7. The third-order valence-electron chi connectivity index (χ3n) is 4.52. The lowest BCUT2D eigenvalue weighted by molar-refractivity contribution is -0.144. The Morgan fingerprint density at radius 1 is 1.14 bits per heavy atom. The molecule has 0 spiro atoms. The summed E-state index contributed by atoms with van der Waals surface area (Å²) in [7, 11) is 0. The van der Waals surface area contributed by atoms with Crippen molar-refractivity contribution < 1.29 is 31.4 Å². The summed E-state index contributed by atoms with van der Waals surface area (Å²) < 4.78 is 81.1. The van der Waals surface area contributed by atoms with Crippen LogP contribution in [-0.4, -0.2) is 25.9 Å². The van der Waals surface area contributed by atoms with Crippen LogP contribution in [0.5, 0.6) is 0 Å². The van der Waals surface area contributed by atoms with E-state index < -0.39 is 35.7 Å². The second-order valence-corrected chi connectivity index (χ2v) is 7.02. The number of halogens is 7. The normalized spacial score (nSPS) is 16.9. The molecule has 0 radical (unpaired) electrons. The molecule has 12 heteroatoms. The Bertz CT molecular complexity index is 1140. The van der Waals surface area contributed by atoms with E-state index in [0.29, 0.717) is 15.8 Å². The van der Waals surface area contributed by atoms with Gasteiger partial charge in [0.15, 0.2) is 5.65 Å². The van der Waals surface area contributed by atoms with E-state index >= 15 is 0 Å². The van der Waals surface area contributed by atoms with Crippen molar-refractivity contribution in [3.63, 3.8) is 0 Å². The molecule has 0 saturated carbocycles. The SMILES string of the molecule is Cc1cc(C(F)(F)F)c(-c2cc(Cl)c3c(c2)CC(O)N3)n2nc(C(F)(F)F)nc12. The van der Waals surface area contributed by atoms with Crippen molar-refractivity contribution in [1.29, 1.82) is 0 Å². The molecule has 2 N–H and O–H groups in total. The molecule has 1 unspecified atom stereocenters. The van der Waals surface area contributed by atoms with Gasteiger partial charge in [-0.2, -0.15) is 26.3 Å². The summed E-state index contributed by atoms with van der Waals surface area (Å²) >= 11 is 6.14. The van der Waals surface area contributed by atoms with Crippen molar-refractivity contribution in [2.24, 2.45) is 0 Å². The zero-order valence-corrected chi connectivity index (χ0v) is 15.2. The maximum atomic E-state index is 13.8. The Labute approximate surface area is 163 Å².